The van der Waals surface area contributed by atoms with E-state index in [-0.39, 0.29) is 133 Å². The van der Waals surface area contributed by atoms with Gasteiger partial charge in [0.15, 0.2) is 57.6 Å². The summed E-state index contributed by atoms with van der Waals surface area (Å²) < 4.78 is 300. The van der Waals surface area contributed by atoms with E-state index in [0.717, 1.165) is 79.8 Å². The van der Waals surface area contributed by atoms with E-state index in [1.807, 2.05) is 6.92 Å². The zero-order valence-corrected chi connectivity index (χ0v) is 78.7. The number of carboxylic acid groups (broad SMARTS) is 1. The lowest BCUT2D eigenvalue weighted by molar-refractivity contribution is -0.131. The van der Waals surface area contributed by atoms with E-state index in [0.29, 0.717) is 91.1 Å². The number of pyridine rings is 4. The van der Waals surface area contributed by atoms with Crippen LogP contribution in [0.2, 0.25) is 0 Å². The predicted molar refractivity (Wildman–Crippen MR) is 517 cm³/mol. The number of carbonyl (C=O) groups is 2. The number of nitrogen functional groups attached to an aromatic ring is 3. The Labute approximate surface area is 820 Å². The molecule has 10 aromatic carbocycles. The molecule has 744 valence electrons. The van der Waals surface area contributed by atoms with Crippen molar-refractivity contribution < 1.29 is 131 Å². The molecule has 18 rings (SSSR count). The van der Waals surface area contributed by atoms with Gasteiger partial charge in [-0.15, -0.1) is 0 Å². The molecule has 0 unspecified atom stereocenters. The van der Waals surface area contributed by atoms with Crippen LogP contribution in [0.3, 0.4) is 0 Å². The maximum absolute atomic E-state index is 14.7. The largest absolute Gasteiger partial charge is 0.493 e. The minimum Gasteiger partial charge on any atom is -0.493 e. The number of carbonyl (C=O) groups excluding carboxylic acids is 1. The number of anilines is 4. The summed E-state index contributed by atoms with van der Waals surface area (Å²) in [5.74, 6) is -16.8. The summed E-state index contributed by atoms with van der Waals surface area (Å²) >= 11 is 3.32. The molecule has 0 saturated heterocycles. The Morgan fingerprint density at radius 3 is 1.08 bits per heavy atom. The van der Waals surface area contributed by atoms with Crippen molar-refractivity contribution in [1.29, 1.82) is 0 Å². The molecule has 18 aromatic rings. The minimum absolute atomic E-state index is 0.0373. The second-order valence-electron chi connectivity index (χ2n) is 31.0. The summed E-state index contributed by atoms with van der Waals surface area (Å²) in [5.41, 5.74) is 19.3. The molecular formula is C100H72BBrF16N12O13S2. The maximum Gasteiger partial charge on any atom is 0.491 e. The van der Waals surface area contributed by atoms with Crippen LogP contribution in [0.15, 0.2) is 259 Å². The zero-order chi connectivity index (χ0) is 106. The van der Waals surface area contributed by atoms with Gasteiger partial charge in [-0.1, -0.05) is 48.6 Å². The van der Waals surface area contributed by atoms with E-state index in [1.165, 1.54) is 120 Å². The van der Waals surface area contributed by atoms with Gasteiger partial charge in [0.2, 0.25) is 5.91 Å². The van der Waals surface area contributed by atoms with Crippen molar-refractivity contribution in [2.24, 2.45) is 0 Å². The number of nitrogens with zero attached hydrogens (tertiary/aromatic N) is 6. The molecule has 8 aromatic heterocycles. The maximum atomic E-state index is 14.7. The number of hydrogen-bond acceptors (Lipinski definition) is 19. The number of nitrogens with two attached hydrogens (primary N) is 3. The number of methoxy groups -OCH3 is 4. The van der Waals surface area contributed by atoms with Crippen LogP contribution < -0.4 is 46.9 Å². The highest BCUT2D eigenvalue weighted by atomic mass is 79.9. The van der Waals surface area contributed by atoms with E-state index < -0.39 is 138 Å². The van der Waals surface area contributed by atoms with E-state index in [2.05, 4.69) is 64.3 Å². The molecule has 145 heavy (non-hydrogen) atoms. The fourth-order valence-corrected chi connectivity index (χ4v) is 17.7. The third-order valence-electron chi connectivity index (χ3n) is 21.6. The van der Waals surface area contributed by atoms with Gasteiger partial charge in [0.05, 0.1) is 61.0 Å². The third-order valence-corrected chi connectivity index (χ3v) is 25.4. The van der Waals surface area contributed by atoms with Crippen LogP contribution in [0.1, 0.15) is 11.1 Å². The zero-order valence-electron chi connectivity index (χ0n) is 75.5. The first-order valence-corrected chi connectivity index (χ1v) is 45.2. The van der Waals surface area contributed by atoms with Gasteiger partial charge in [0, 0.05) is 214 Å². The highest BCUT2D eigenvalue weighted by Crippen LogP contribution is 2.46. The number of aryl methyl sites for hydroxylation is 2. The molecule has 0 atom stereocenters. The lowest BCUT2D eigenvalue weighted by atomic mass is 9.79. The Hall–Kier alpha value is -16.8. The van der Waals surface area contributed by atoms with E-state index in [1.54, 1.807) is 43.3 Å². The summed E-state index contributed by atoms with van der Waals surface area (Å²) in [7, 11) is -5.24. The first kappa shape index (κ1) is 106. The normalized spacial score (nSPS) is 11.1. The van der Waals surface area contributed by atoms with Gasteiger partial charge in [0.25, 0.3) is 20.0 Å². The van der Waals surface area contributed by atoms with Crippen molar-refractivity contribution in [3.8, 4) is 101 Å². The van der Waals surface area contributed by atoms with Crippen molar-refractivity contribution in [2.45, 2.75) is 23.6 Å². The molecule has 1 amide bonds. The monoisotopic (exact) mass is 2110 g/mol. The molecular weight excluding hydrogens is 2040 g/mol. The van der Waals surface area contributed by atoms with E-state index in [9.17, 15) is 96.7 Å². The van der Waals surface area contributed by atoms with Gasteiger partial charge in [-0.25, -0.2) is 120 Å². The number of hydrogen-bond donors (Lipinski definition) is 9. The SMILES string of the molecule is C=CC(=O)Nc1cc(-c2cnc3[nH]cc(-c4cc(F)cc(F)c4OC)c3c2)c(F)cc1F.C=CC(=O)O.COc1c(F)cc(F)cc1-c1c[nH]c2ncc(-c3cc(N)c(F)cc3F)cc12.COc1c(F)cc(F)cc1-c1cn(S(=O)(=O)c2ccc(C)cc2)c2ncc(-c3cc(N)c(F)cc3F)cc12.COc1c(F)cc(F)cc1-c1cn(S(=O)(=O)c2ccc(C)cc2)c2ncc(Br)cc12.Nc1cc(B(O)O)c(F)cc1F. The first-order valence-electron chi connectivity index (χ1n) is 41.5. The minimum atomic E-state index is -4.23. The number of rotatable bonds is 19. The Kier molecular flexibility index (Phi) is 31.9. The molecule has 0 aliphatic carbocycles. The highest BCUT2D eigenvalue weighted by Gasteiger charge is 2.31. The van der Waals surface area contributed by atoms with Gasteiger partial charge in [-0.05, 0) is 133 Å². The van der Waals surface area contributed by atoms with Crippen molar-refractivity contribution in [3.63, 3.8) is 0 Å². The summed E-state index contributed by atoms with van der Waals surface area (Å²) in [6, 6.07) is 32.4. The van der Waals surface area contributed by atoms with Crippen LogP contribution in [-0.4, -0.2) is 117 Å². The summed E-state index contributed by atoms with van der Waals surface area (Å²) in [5, 5.41) is 28.4. The van der Waals surface area contributed by atoms with E-state index >= 15 is 0 Å². The molecule has 8 heterocycles. The van der Waals surface area contributed by atoms with Gasteiger partial charge < -0.3 is 66.6 Å². The number of fused-ring (bicyclic) bond motifs is 4. The van der Waals surface area contributed by atoms with Crippen LogP contribution in [0.5, 0.6) is 23.0 Å². The van der Waals surface area contributed by atoms with E-state index in [4.69, 9.17) is 51.3 Å². The molecule has 45 heteroatoms. The van der Waals surface area contributed by atoms with Gasteiger partial charge in [-0.2, -0.15) is 0 Å². The lowest BCUT2D eigenvalue weighted by Gasteiger charge is -2.11. The van der Waals surface area contributed by atoms with Gasteiger partial charge >= 0.3 is 13.1 Å². The molecule has 0 aliphatic rings. The summed E-state index contributed by atoms with van der Waals surface area (Å²) in [4.78, 5) is 43.5. The molecule has 0 saturated carbocycles. The second kappa shape index (κ2) is 43.8. The van der Waals surface area contributed by atoms with Gasteiger partial charge in [0.1, 0.15) is 81.1 Å². The number of carboxylic acids is 1. The van der Waals surface area contributed by atoms with Crippen molar-refractivity contribution in [2.75, 3.05) is 51.0 Å². The van der Waals surface area contributed by atoms with Crippen molar-refractivity contribution in [1.82, 2.24) is 37.8 Å². The van der Waals surface area contributed by atoms with Crippen molar-refractivity contribution >= 4 is 127 Å². The molecule has 25 nitrogen and oxygen atoms in total. The van der Waals surface area contributed by atoms with Crippen LogP contribution >= 0.6 is 15.9 Å². The molecule has 0 fully saturated rings. The molecule has 0 spiro atoms. The average molecular weight is 2110 g/mol. The summed E-state index contributed by atoms with van der Waals surface area (Å²) in [6.07, 6.45) is 12.7. The number of benzene rings is 10. The Morgan fingerprint density at radius 1 is 0.393 bits per heavy atom. The Morgan fingerprint density at radius 2 is 0.717 bits per heavy atom. The fraction of sp³-hybridized carbons (Fsp3) is 0.0600. The van der Waals surface area contributed by atoms with Crippen LogP contribution in [0, 0.1) is 107 Å². The number of halogens is 17. The molecule has 0 bridgehead atoms. The van der Waals surface area contributed by atoms with Crippen molar-refractivity contribution in [3.05, 3.63) is 353 Å². The quantitative estimate of drug-likeness (QED) is 0.0157. The predicted octanol–water partition coefficient (Wildman–Crippen LogP) is 21.5. The number of amides is 1. The average Bonchev–Trinajstić information content (AvgIpc) is 1.59. The summed E-state index contributed by atoms with van der Waals surface area (Å²) in [6.45, 7) is 9.90. The van der Waals surface area contributed by atoms with Gasteiger partial charge in [-0.3, -0.25) is 4.79 Å². The lowest BCUT2D eigenvalue weighted by Crippen LogP contribution is -2.33. The highest BCUT2D eigenvalue weighted by molar-refractivity contribution is 9.10. The second-order valence-corrected chi connectivity index (χ2v) is 35.5. The number of H-pyrrole nitrogens is 2. The smallest absolute Gasteiger partial charge is 0.491 e. The molecule has 12 N–H and O–H groups in total. The first-order chi connectivity index (χ1) is 68.7. The van der Waals surface area contributed by atoms with Crippen LogP contribution in [-0.2, 0) is 29.6 Å². The number of aromatic nitrogens is 8. The topological polar surface area (TPSA) is 383 Å². The number of aliphatic carboxylic acids is 1. The number of aromatic amines is 2. The Bertz CT molecular complexity index is 8420. The Balaban J connectivity index is 0.000000154. The number of nitrogens with one attached hydrogen (secondary N) is 3. The van der Waals surface area contributed by atoms with Crippen LogP contribution in [0.25, 0.3) is 122 Å². The fourth-order valence-electron chi connectivity index (χ4n) is 14.7. The molecule has 0 aliphatic heterocycles. The molecule has 0 radical (unpaired) electrons. The van der Waals surface area contributed by atoms with Crippen LogP contribution in [0.4, 0.5) is 93.0 Å². The standard InChI is InChI=1S/C27H19F4N3O3S.C23H15F4N3O2.C21H15BrF2N2O3S.C20H13F4N3O.C6H6BF2NO2.C3H4O2/c1-14-3-5-17(6-4-14)38(35,36)34-13-21(19-8-16(28)9-24(31)26(19)37-2)20-7-15(12-33-27(20)34)18-10-25(32)23(30)11-22(18)29;1-3-21(31)30-20-7-13(17(25)8-18(20)26)11-4-15-16(10-29-23(15)28-9-11)14-5-12(24)6-19(27)22(14)32-2;1-12-3-5-15(6-4-12)30(27,28)26-11-18(17-7-13(22)10-25-21(17)26)16-8-14(23)9-19(24)20(16)29-2;1-28-19-12(3-10(21)4-17(19)24)14-8-27-20-13(14)2-9(7-26-20)11-5-18(25)16(23)6-15(11)22;8-4-2-5(9)6(10)1-3(4)7(11)12;1-2-3(4)5/h3-13H,32H2,1-2H3;3-10H,1H2,2H3,(H,28,29)(H,30,31);3-11H,1-2H3;2-8H,25H2,1H3,(H,26,27);1-2,11-12H,10H2;2H,1H2,(H,4,5). The number of ether oxygens (including phenoxy) is 4. The third kappa shape index (κ3) is 22.6.